The van der Waals surface area contributed by atoms with Gasteiger partial charge in [-0.1, -0.05) is 49.4 Å². The molecule has 4 nitrogen and oxygen atoms in total. The maximum Gasteiger partial charge on any atom is 0.319 e. The van der Waals surface area contributed by atoms with Crippen molar-refractivity contribution in [3.63, 3.8) is 0 Å². The van der Waals surface area contributed by atoms with Gasteiger partial charge >= 0.3 is 6.03 Å². The number of hydrogen-bond donors (Lipinski definition) is 2. The molecule has 0 saturated carbocycles. The summed E-state index contributed by atoms with van der Waals surface area (Å²) in [5, 5.41) is 5.69. The van der Waals surface area contributed by atoms with Gasteiger partial charge in [0, 0.05) is 6.54 Å². The highest BCUT2D eigenvalue weighted by Crippen LogP contribution is 2.23. The first kappa shape index (κ1) is 15.9. The molecule has 22 heavy (non-hydrogen) atoms. The van der Waals surface area contributed by atoms with Crippen LogP contribution in [0.2, 0.25) is 0 Å². The van der Waals surface area contributed by atoms with Crippen molar-refractivity contribution in [2.45, 2.75) is 19.8 Å². The number of benzene rings is 2. The molecule has 2 amide bonds. The Morgan fingerprint density at radius 2 is 1.77 bits per heavy atom. The number of rotatable bonds is 7. The highest BCUT2D eigenvalue weighted by atomic mass is 16.5. The van der Waals surface area contributed by atoms with Gasteiger partial charge in [-0.25, -0.2) is 4.79 Å². The van der Waals surface area contributed by atoms with E-state index in [4.69, 9.17) is 4.74 Å². The predicted octanol–water partition coefficient (Wildman–Crippen LogP) is 3.84. The molecule has 0 radical (unpaired) electrons. The van der Waals surface area contributed by atoms with Crippen molar-refractivity contribution < 1.29 is 9.53 Å². The van der Waals surface area contributed by atoms with E-state index in [9.17, 15) is 4.79 Å². The van der Waals surface area contributed by atoms with Crippen LogP contribution in [0, 0.1) is 0 Å². The van der Waals surface area contributed by atoms with Crippen molar-refractivity contribution in [3.05, 3.63) is 60.2 Å². The monoisotopic (exact) mass is 298 g/mol. The van der Waals surface area contributed by atoms with Crippen LogP contribution in [-0.4, -0.2) is 19.2 Å². The molecule has 2 aromatic rings. The number of carbonyl (C=O) groups excluding carboxylic acids is 1. The van der Waals surface area contributed by atoms with Crippen molar-refractivity contribution in [3.8, 4) is 5.75 Å². The summed E-state index contributed by atoms with van der Waals surface area (Å²) in [6, 6.07) is 17.3. The lowest BCUT2D eigenvalue weighted by Gasteiger charge is -2.12. The zero-order valence-electron chi connectivity index (χ0n) is 12.8. The molecule has 0 aliphatic rings. The summed E-state index contributed by atoms with van der Waals surface area (Å²) in [6.07, 6.45) is 1.74. The van der Waals surface area contributed by atoms with Gasteiger partial charge in [-0.2, -0.15) is 0 Å². The molecule has 0 spiro atoms. The Balaban J connectivity index is 1.81. The summed E-state index contributed by atoms with van der Waals surface area (Å²) in [5.41, 5.74) is 1.89. The third kappa shape index (κ3) is 5.13. The van der Waals surface area contributed by atoms with Crippen molar-refractivity contribution in [2.24, 2.45) is 0 Å². The van der Waals surface area contributed by atoms with Crippen molar-refractivity contribution in [1.82, 2.24) is 5.32 Å². The molecule has 0 fully saturated rings. The molecule has 0 aliphatic heterocycles. The van der Waals surface area contributed by atoms with Gasteiger partial charge in [0.2, 0.25) is 0 Å². The van der Waals surface area contributed by atoms with Crippen LogP contribution in [0.3, 0.4) is 0 Å². The normalized spacial score (nSPS) is 10.0. The molecule has 2 rings (SSSR count). The maximum atomic E-state index is 12.0. The number of nitrogens with one attached hydrogen (secondary N) is 2. The number of hydrogen-bond acceptors (Lipinski definition) is 2. The van der Waals surface area contributed by atoms with Gasteiger partial charge in [-0.3, -0.25) is 0 Å². The molecule has 0 aliphatic carbocycles. The van der Waals surface area contributed by atoms with E-state index in [2.05, 4.69) is 10.6 Å². The number of amides is 2. The van der Waals surface area contributed by atoms with E-state index < -0.39 is 0 Å². The first-order valence-corrected chi connectivity index (χ1v) is 7.60. The molecule has 0 atom stereocenters. The Bertz CT molecular complexity index is 585. The summed E-state index contributed by atoms with van der Waals surface area (Å²) in [5.74, 6) is 0.697. The maximum absolute atomic E-state index is 12.0. The molecule has 0 unspecified atom stereocenters. The van der Waals surface area contributed by atoms with Gasteiger partial charge in [0.05, 0.1) is 12.3 Å². The largest absolute Gasteiger partial charge is 0.491 e. The van der Waals surface area contributed by atoms with Crippen LogP contribution in [0.1, 0.15) is 18.9 Å². The third-order valence-corrected chi connectivity index (χ3v) is 3.14. The van der Waals surface area contributed by atoms with Gasteiger partial charge in [-0.05, 0) is 30.5 Å². The average molecular weight is 298 g/mol. The molecule has 0 saturated heterocycles. The van der Waals surface area contributed by atoms with Crippen LogP contribution in [-0.2, 0) is 6.42 Å². The molecule has 0 aromatic heterocycles. The average Bonchev–Trinajstić information content (AvgIpc) is 2.55. The number of anilines is 1. The summed E-state index contributed by atoms with van der Waals surface area (Å²) < 4.78 is 5.62. The lowest BCUT2D eigenvalue weighted by molar-refractivity contribution is 0.252. The van der Waals surface area contributed by atoms with Crippen LogP contribution in [0.15, 0.2) is 54.6 Å². The number of ether oxygens (including phenoxy) is 1. The summed E-state index contributed by atoms with van der Waals surface area (Å²) in [6.45, 7) is 3.27. The van der Waals surface area contributed by atoms with Gasteiger partial charge in [-0.15, -0.1) is 0 Å². The molecule has 0 bridgehead atoms. The van der Waals surface area contributed by atoms with E-state index in [-0.39, 0.29) is 6.03 Å². The summed E-state index contributed by atoms with van der Waals surface area (Å²) in [4.78, 5) is 12.0. The number of carbonyl (C=O) groups is 1. The minimum atomic E-state index is -0.219. The fraction of sp³-hybridized carbons (Fsp3) is 0.278. The van der Waals surface area contributed by atoms with E-state index in [0.29, 0.717) is 24.6 Å². The minimum absolute atomic E-state index is 0.219. The fourth-order valence-corrected chi connectivity index (χ4v) is 2.04. The first-order chi connectivity index (χ1) is 10.8. The summed E-state index contributed by atoms with van der Waals surface area (Å²) >= 11 is 0. The molecule has 2 aromatic carbocycles. The molecular formula is C18H22N2O2. The Kier molecular flexibility index (Phi) is 6.30. The van der Waals surface area contributed by atoms with Crippen LogP contribution in [0.5, 0.6) is 5.75 Å². The number of para-hydroxylation sites is 2. The van der Waals surface area contributed by atoms with Gasteiger partial charge < -0.3 is 15.4 Å². The van der Waals surface area contributed by atoms with Crippen molar-refractivity contribution >= 4 is 11.7 Å². The number of urea groups is 1. The second-order valence-electron chi connectivity index (χ2n) is 4.96. The molecule has 116 valence electrons. The van der Waals surface area contributed by atoms with E-state index in [0.717, 1.165) is 12.8 Å². The Morgan fingerprint density at radius 1 is 1.05 bits per heavy atom. The van der Waals surface area contributed by atoms with Crippen LogP contribution in [0.25, 0.3) is 0 Å². The van der Waals surface area contributed by atoms with E-state index in [1.165, 1.54) is 5.56 Å². The second kappa shape index (κ2) is 8.72. The predicted molar refractivity (Wildman–Crippen MR) is 89.4 cm³/mol. The lowest BCUT2D eigenvalue weighted by Crippen LogP contribution is -2.30. The summed E-state index contributed by atoms with van der Waals surface area (Å²) in [7, 11) is 0. The zero-order valence-corrected chi connectivity index (χ0v) is 12.8. The molecule has 0 heterocycles. The van der Waals surface area contributed by atoms with Gasteiger partial charge in [0.15, 0.2) is 0 Å². The van der Waals surface area contributed by atoms with Crippen LogP contribution >= 0.6 is 0 Å². The standard InChI is InChI=1S/C18H22N2O2/c1-2-14-22-17-11-7-6-10-16(17)20-18(21)19-13-12-15-8-4-3-5-9-15/h3-11H,2,12-14H2,1H3,(H2,19,20,21). The molecular weight excluding hydrogens is 276 g/mol. The Labute approximate surface area is 131 Å². The van der Waals surface area contributed by atoms with E-state index in [1.54, 1.807) is 0 Å². The smallest absolute Gasteiger partial charge is 0.319 e. The quantitative estimate of drug-likeness (QED) is 0.816. The topological polar surface area (TPSA) is 50.4 Å². The van der Waals surface area contributed by atoms with Gasteiger partial charge in [0.1, 0.15) is 5.75 Å². The Hall–Kier alpha value is -2.49. The fourth-order valence-electron chi connectivity index (χ4n) is 2.04. The zero-order chi connectivity index (χ0) is 15.6. The second-order valence-corrected chi connectivity index (χ2v) is 4.96. The van der Waals surface area contributed by atoms with E-state index in [1.807, 2.05) is 61.5 Å². The lowest BCUT2D eigenvalue weighted by atomic mass is 10.1. The van der Waals surface area contributed by atoms with Gasteiger partial charge in [0.25, 0.3) is 0 Å². The molecule has 4 heteroatoms. The first-order valence-electron chi connectivity index (χ1n) is 7.60. The van der Waals surface area contributed by atoms with Crippen LogP contribution < -0.4 is 15.4 Å². The Morgan fingerprint density at radius 3 is 2.55 bits per heavy atom. The van der Waals surface area contributed by atoms with E-state index >= 15 is 0 Å². The SMILES string of the molecule is CCCOc1ccccc1NC(=O)NCCc1ccccc1. The molecule has 2 N–H and O–H groups in total. The van der Waals surface area contributed by atoms with Crippen molar-refractivity contribution in [2.75, 3.05) is 18.5 Å². The third-order valence-electron chi connectivity index (χ3n) is 3.14. The highest BCUT2D eigenvalue weighted by Gasteiger charge is 2.06. The minimum Gasteiger partial charge on any atom is -0.491 e. The highest BCUT2D eigenvalue weighted by molar-refractivity contribution is 5.90. The van der Waals surface area contributed by atoms with Crippen molar-refractivity contribution in [1.29, 1.82) is 0 Å². The van der Waals surface area contributed by atoms with Crippen LogP contribution in [0.4, 0.5) is 10.5 Å².